The number of aromatic nitrogens is 2. The topological polar surface area (TPSA) is 61.6 Å². The predicted molar refractivity (Wildman–Crippen MR) is 74.8 cm³/mol. The van der Waals surface area contributed by atoms with Gasteiger partial charge in [0.15, 0.2) is 4.34 Å². The molecule has 0 saturated heterocycles. The van der Waals surface area contributed by atoms with Crippen LogP contribution in [0.3, 0.4) is 0 Å². The van der Waals surface area contributed by atoms with Crippen LogP contribution in [0, 0.1) is 11.3 Å². The summed E-state index contributed by atoms with van der Waals surface area (Å²) in [5.41, 5.74) is 1.76. The minimum atomic E-state index is 0.724. The summed E-state index contributed by atoms with van der Waals surface area (Å²) in [6.07, 6.45) is 0. The molecule has 0 fully saturated rings. The summed E-state index contributed by atoms with van der Waals surface area (Å²) in [6.45, 7) is 2.87. The van der Waals surface area contributed by atoms with Crippen LogP contribution >= 0.6 is 23.1 Å². The van der Waals surface area contributed by atoms with E-state index in [0.29, 0.717) is 0 Å². The van der Waals surface area contributed by atoms with Crippen molar-refractivity contribution < 1.29 is 0 Å². The fourth-order valence-electron chi connectivity index (χ4n) is 1.39. The van der Waals surface area contributed by atoms with Crippen LogP contribution in [0.5, 0.6) is 0 Å². The van der Waals surface area contributed by atoms with Gasteiger partial charge in [0.2, 0.25) is 5.13 Å². The molecule has 1 heterocycles. The maximum atomic E-state index is 9.00. The van der Waals surface area contributed by atoms with Crippen LogP contribution in [0.25, 0.3) is 0 Å². The normalized spacial score (nSPS) is 10.0. The van der Waals surface area contributed by atoms with Crippen molar-refractivity contribution in [2.24, 2.45) is 0 Å². The lowest BCUT2D eigenvalue weighted by atomic mass is 10.1. The molecule has 1 N–H and O–H groups in total. The molecule has 0 atom stereocenters. The highest BCUT2D eigenvalue weighted by Crippen LogP contribution is 2.28. The molecule has 0 saturated carbocycles. The fourth-order valence-corrected chi connectivity index (χ4v) is 3.21. The fraction of sp³-hybridized carbons (Fsp3) is 0.250. The maximum absolute atomic E-state index is 9.00. The van der Waals surface area contributed by atoms with Crippen molar-refractivity contribution in [3.8, 4) is 6.07 Å². The van der Waals surface area contributed by atoms with Gasteiger partial charge in [0.25, 0.3) is 0 Å². The quantitative estimate of drug-likeness (QED) is 0.850. The number of anilines is 1. The number of nitrogens with zero attached hydrogens (tertiary/aromatic N) is 3. The van der Waals surface area contributed by atoms with Gasteiger partial charge in [-0.2, -0.15) is 5.26 Å². The first-order valence-corrected chi connectivity index (χ1v) is 7.32. The second kappa shape index (κ2) is 6.38. The molecular weight excluding hydrogens is 264 g/mol. The molecule has 0 amide bonds. The van der Waals surface area contributed by atoms with Gasteiger partial charge in [-0.25, -0.2) is 0 Å². The van der Waals surface area contributed by atoms with Crippen molar-refractivity contribution in [1.82, 2.24) is 10.2 Å². The van der Waals surface area contributed by atoms with Gasteiger partial charge in [0.1, 0.15) is 0 Å². The summed E-state index contributed by atoms with van der Waals surface area (Å²) in [5.74, 6) is 0.741. The van der Waals surface area contributed by atoms with Gasteiger partial charge in [-0.1, -0.05) is 41.3 Å². The Morgan fingerprint density at radius 3 is 3.00 bits per heavy atom. The molecule has 2 aromatic rings. The Labute approximate surface area is 114 Å². The summed E-state index contributed by atoms with van der Waals surface area (Å²) in [6, 6.07) is 9.82. The Balaban J connectivity index is 2.00. The SMILES string of the molecule is CCNc1nnc(SCc2ccccc2C#N)s1. The van der Waals surface area contributed by atoms with Crippen LogP contribution in [0.1, 0.15) is 18.1 Å². The van der Waals surface area contributed by atoms with Crippen LogP contribution in [0.2, 0.25) is 0 Å². The average molecular weight is 276 g/mol. The van der Waals surface area contributed by atoms with Gasteiger partial charge in [0, 0.05) is 12.3 Å². The monoisotopic (exact) mass is 276 g/mol. The largest absolute Gasteiger partial charge is 0.360 e. The molecule has 0 aliphatic carbocycles. The highest BCUT2D eigenvalue weighted by molar-refractivity contribution is 8.00. The summed E-state index contributed by atoms with van der Waals surface area (Å²) in [5, 5.41) is 21.1. The van der Waals surface area contributed by atoms with Crippen molar-refractivity contribution in [1.29, 1.82) is 5.26 Å². The smallest absolute Gasteiger partial charge is 0.206 e. The molecule has 0 unspecified atom stereocenters. The number of hydrogen-bond acceptors (Lipinski definition) is 6. The van der Waals surface area contributed by atoms with E-state index in [0.717, 1.165) is 32.9 Å². The summed E-state index contributed by atoms with van der Waals surface area (Å²) in [7, 11) is 0. The van der Waals surface area contributed by atoms with Gasteiger partial charge >= 0.3 is 0 Å². The van der Waals surface area contributed by atoms with Crippen molar-refractivity contribution in [2.45, 2.75) is 17.0 Å². The molecule has 92 valence electrons. The van der Waals surface area contributed by atoms with Gasteiger partial charge in [-0.15, -0.1) is 10.2 Å². The first kappa shape index (κ1) is 12.9. The van der Waals surface area contributed by atoms with Gasteiger partial charge in [0.05, 0.1) is 11.6 Å². The van der Waals surface area contributed by atoms with E-state index in [1.165, 1.54) is 11.3 Å². The van der Waals surface area contributed by atoms with Gasteiger partial charge in [-0.05, 0) is 18.6 Å². The summed E-state index contributed by atoms with van der Waals surface area (Å²) in [4.78, 5) is 0. The van der Waals surface area contributed by atoms with E-state index in [9.17, 15) is 0 Å². The standard InChI is InChI=1S/C12H12N4S2/c1-2-14-11-15-16-12(18-11)17-8-10-6-4-3-5-9(10)7-13/h3-6H,2,8H2,1H3,(H,14,15). The lowest BCUT2D eigenvalue weighted by molar-refractivity contribution is 1.00. The van der Waals surface area contributed by atoms with Crippen LogP contribution in [0.4, 0.5) is 5.13 Å². The Kier molecular flexibility index (Phi) is 4.56. The molecule has 18 heavy (non-hydrogen) atoms. The number of rotatable bonds is 5. The molecule has 0 aliphatic heterocycles. The number of nitrogens with one attached hydrogen (secondary N) is 1. The number of hydrogen-bond donors (Lipinski definition) is 1. The van der Waals surface area contributed by atoms with Crippen molar-refractivity contribution in [3.63, 3.8) is 0 Å². The van der Waals surface area contributed by atoms with E-state index < -0.39 is 0 Å². The zero-order valence-electron chi connectivity index (χ0n) is 9.88. The molecule has 0 radical (unpaired) electrons. The molecule has 1 aromatic carbocycles. The van der Waals surface area contributed by atoms with Crippen LogP contribution < -0.4 is 5.32 Å². The van der Waals surface area contributed by atoms with E-state index >= 15 is 0 Å². The molecular formula is C12H12N4S2. The molecule has 0 aliphatic rings. The first-order valence-electron chi connectivity index (χ1n) is 5.51. The summed E-state index contributed by atoms with van der Waals surface area (Å²) >= 11 is 3.14. The van der Waals surface area contributed by atoms with Crippen molar-refractivity contribution >= 4 is 28.2 Å². The maximum Gasteiger partial charge on any atom is 0.206 e. The second-order valence-corrected chi connectivity index (χ2v) is 5.66. The van der Waals surface area contributed by atoms with Gasteiger partial charge < -0.3 is 5.32 Å². The van der Waals surface area contributed by atoms with Gasteiger partial charge in [-0.3, -0.25) is 0 Å². The minimum Gasteiger partial charge on any atom is -0.360 e. The third-order valence-corrected chi connectivity index (χ3v) is 4.29. The Bertz CT molecular complexity index is 559. The lowest BCUT2D eigenvalue weighted by Crippen LogP contribution is -1.94. The minimum absolute atomic E-state index is 0.724. The van der Waals surface area contributed by atoms with E-state index in [1.54, 1.807) is 11.8 Å². The van der Waals surface area contributed by atoms with Crippen LogP contribution in [-0.4, -0.2) is 16.7 Å². The van der Waals surface area contributed by atoms with Crippen LogP contribution in [0.15, 0.2) is 28.6 Å². The second-order valence-electron chi connectivity index (χ2n) is 3.46. The van der Waals surface area contributed by atoms with E-state index in [4.69, 9.17) is 5.26 Å². The Morgan fingerprint density at radius 1 is 1.39 bits per heavy atom. The molecule has 0 spiro atoms. The molecule has 1 aromatic heterocycles. The third kappa shape index (κ3) is 3.22. The first-order chi connectivity index (χ1) is 8.83. The molecule has 6 heteroatoms. The van der Waals surface area contributed by atoms with E-state index in [-0.39, 0.29) is 0 Å². The number of nitriles is 1. The zero-order chi connectivity index (χ0) is 12.8. The molecule has 0 bridgehead atoms. The van der Waals surface area contributed by atoms with E-state index in [1.807, 2.05) is 31.2 Å². The number of thioether (sulfide) groups is 1. The Morgan fingerprint density at radius 2 is 2.22 bits per heavy atom. The van der Waals surface area contributed by atoms with E-state index in [2.05, 4.69) is 21.6 Å². The lowest BCUT2D eigenvalue weighted by Gasteiger charge is -2.00. The molecule has 2 rings (SSSR count). The van der Waals surface area contributed by atoms with Crippen molar-refractivity contribution in [3.05, 3.63) is 35.4 Å². The van der Waals surface area contributed by atoms with Crippen LogP contribution in [-0.2, 0) is 5.75 Å². The average Bonchev–Trinajstić information content (AvgIpc) is 2.85. The zero-order valence-corrected chi connectivity index (χ0v) is 11.5. The predicted octanol–water partition coefficient (Wildman–Crippen LogP) is 3.13. The number of benzene rings is 1. The third-order valence-electron chi connectivity index (χ3n) is 2.22. The molecule has 4 nitrogen and oxygen atoms in total. The highest BCUT2D eigenvalue weighted by Gasteiger charge is 2.06. The highest BCUT2D eigenvalue weighted by atomic mass is 32.2. The van der Waals surface area contributed by atoms with Crippen molar-refractivity contribution in [2.75, 3.05) is 11.9 Å². The Hall–Kier alpha value is -1.58. The summed E-state index contributed by atoms with van der Waals surface area (Å²) < 4.78 is 0.915.